The molecule has 5 heteroatoms. The smallest absolute Gasteiger partial charge is 0.146 e. The van der Waals surface area contributed by atoms with Crippen LogP contribution in [0.2, 0.25) is 0 Å². The van der Waals surface area contributed by atoms with Crippen molar-refractivity contribution in [2.75, 3.05) is 4.90 Å². The predicted octanol–water partition coefficient (Wildman–Crippen LogP) is 3.06. The number of anilines is 1. The first kappa shape index (κ1) is 14.4. The molecule has 1 aromatic carbocycles. The van der Waals surface area contributed by atoms with Gasteiger partial charge in [-0.15, -0.1) is 17.8 Å². The first-order valence-corrected chi connectivity index (χ1v) is 7.81. The average Bonchev–Trinajstić information content (AvgIpc) is 3.19. The maximum atomic E-state index is 5.52. The fourth-order valence-corrected chi connectivity index (χ4v) is 2.97. The van der Waals surface area contributed by atoms with Crippen LogP contribution in [-0.4, -0.2) is 14.8 Å². The van der Waals surface area contributed by atoms with Gasteiger partial charge < -0.3 is 4.90 Å². The second-order valence-electron chi connectivity index (χ2n) is 4.93. The third kappa shape index (κ3) is 3.18. The highest BCUT2D eigenvalue weighted by Gasteiger charge is 2.12. The van der Waals surface area contributed by atoms with E-state index in [1.807, 2.05) is 25.2 Å². The molecule has 3 aromatic rings. The van der Waals surface area contributed by atoms with Gasteiger partial charge in [0.1, 0.15) is 12.2 Å². The average molecular weight is 308 g/mol. The zero-order valence-electron chi connectivity index (χ0n) is 12.3. The molecule has 0 amide bonds. The van der Waals surface area contributed by atoms with Gasteiger partial charge >= 0.3 is 0 Å². The van der Waals surface area contributed by atoms with Crippen molar-refractivity contribution in [2.24, 2.45) is 7.05 Å². The number of thiophene rings is 1. The van der Waals surface area contributed by atoms with Gasteiger partial charge in [0.15, 0.2) is 0 Å². The molecular weight excluding hydrogens is 292 g/mol. The summed E-state index contributed by atoms with van der Waals surface area (Å²) in [6.45, 7) is 1.50. The molecular formula is C17H16N4S. The van der Waals surface area contributed by atoms with Crippen LogP contribution in [0.3, 0.4) is 0 Å². The van der Waals surface area contributed by atoms with Crippen molar-refractivity contribution in [2.45, 2.75) is 13.1 Å². The lowest BCUT2D eigenvalue weighted by atomic mass is 10.2. The molecule has 0 aliphatic rings. The number of aryl methyl sites for hydroxylation is 1. The van der Waals surface area contributed by atoms with Crippen LogP contribution in [0.25, 0.3) is 0 Å². The summed E-state index contributed by atoms with van der Waals surface area (Å²) in [5.41, 5.74) is 1.97. The van der Waals surface area contributed by atoms with Gasteiger partial charge in [0.25, 0.3) is 0 Å². The molecule has 0 saturated heterocycles. The van der Waals surface area contributed by atoms with Gasteiger partial charge in [0.05, 0.1) is 13.1 Å². The summed E-state index contributed by atoms with van der Waals surface area (Å²) in [4.78, 5) is 7.89. The lowest BCUT2D eigenvalue weighted by Crippen LogP contribution is -2.23. The summed E-state index contributed by atoms with van der Waals surface area (Å²) in [7, 11) is 1.91. The summed E-state index contributed by atoms with van der Waals surface area (Å²) < 4.78 is 1.80. The monoisotopic (exact) mass is 308 g/mol. The van der Waals surface area contributed by atoms with Gasteiger partial charge in [-0.05, 0) is 29.6 Å². The van der Waals surface area contributed by atoms with Crippen molar-refractivity contribution in [1.29, 1.82) is 0 Å². The maximum Gasteiger partial charge on any atom is 0.146 e. The molecule has 22 heavy (non-hydrogen) atoms. The Bertz CT molecular complexity index is 783. The molecule has 2 aromatic heterocycles. The normalized spacial score (nSPS) is 10.4. The third-order valence-electron chi connectivity index (χ3n) is 3.44. The van der Waals surface area contributed by atoms with Crippen LogP contribution in [-0.2, 0) is 20.1 Å². The number of benzene rings is 1. The van der Waals surface area contributed by atoms with E-state index in [2.05, 4.69) is 44.5 Å². The Morgan fingerprint density at radius 1 is 1.27 bits per heavy atom. The number of terminal acetylenes is 1. The summed E-state index contributed by atoms with van der Waals surface area (Å²) in [5.74, 6) is 3.61. The van der Waals surface area contributed by atoms with Crippen LogP contribution >= 0.6 is 11.3 Å². The van der Waals surface area contributed by atoms with Crippen LogP contribution in [0, 0.1) is 12.3 Å². The first-order chi connectivity index (χ1) is 10.8. The number of aromatic nitrogens is 3. The van der Waals surface area contributed by atoms with Gasteiger partial charge in [-0.3, -0.25) is 4.68 Å². The van der Waals surface area contributed by atoms with Crippen LogP contribution in [0.15, 0.2) is 48.1 Å². The van der Waals surface area contributed by atoms with Crippen molar-refractivity contribution in [3.8, 4) is 12.3 Å². The standard InChI is InChI=1S/C17H16N4S/c1-3-14-6-4-7-15(10-14)21(11-16-8-5-9-22-16)12-17-18-13-19-20(17)2/h1,4-10,13H,11-12H2,2H3. The first-order valence-electron chi connectivity index (χ1n) is 6.93. The van der Waals surface area contributed by atoms with E-state index in [4.69, 9.17) is 6.42 Å². The Morgan fingerprint density at radius 2 is 2.18 bits per heavy atom. The van der Waals surface area contributed by atoms with Crippen molar-refractivity contribution >= 4 is 17.0 Å². The van der Waals surface area contributed by atoms with Gasteiger partial charge in [0, 0.05) is 23.2 Å². The zero-order valence-corrected chi connectivity index (χ0v) is 13.1. The van der Waals surface area contributed by atoms with Crippen molar-refractivity contribution < 1.29 is 0 Å². The number of rotatable bonds is 5. The molecule has 0 aliphatic carbocycles. The molecule has 110 valence electrons. The van der Waals surface area contributed by atoms with Gasteiger partial charge in [-0.1, -0.05) is 18.1 Å². The highest BCUT2D eigenvalue weighted by Crippen LogP contribution is 2.22. The van der Waals surface area contributed by atoms with Crippen LogP contribution in [0.1, 0.15) is 16.3 Å². The Balaban J connectivity index is 1.91. The van der Waals surface area contributed by atoms with Gasteiger partial charge in [0.2, 0.25) is 0 Å². The second-order valence-corrected chi connectivity index (χ2v) is 5.96. The number of hydrogen-bond acceptors (Lipinski definition) is 4. The molecule has 4 nitrogen and oxygen atoms in total. The number of nitrogens with zero attached hydrogens (tertiary/aromatic N) is 4. The minimum Gasteiger partial charge on any atom is -0.359 e. The highest BCUT2D eigenvalue weighted by molar-refractivity contribution is 7.09. The molecule has 0 atom stereocenters. The highest BCUT2D eigenvalue weighted by atomic mass is 32.1. The van der Waals surface area contributed by atoms with E-state index in [1.54, 1.807) is 22.3 Å². The summed E-state index contributed by atoms with van der Waals surface area (Å²) in [5, 5.41) is 6.23. The van der Waals surface area contributed by atoms with E-state index < -0.39 is 0 Å². The second kappa shape index (κ2) is 6.46. The van der Waals surface area contributed by atoms with Crippen molar-refractivity contribution in [3.05, 3.63) is 64.4 Å². The zero-order chi connectivity index (χ0) is 15.4. The third-order valence-corrected chi connectivity index (χ3v) is 4.30. The molecule has 0 spiro atoms. The summed E-state index contributed by atoms with van der Waals surface area (Å²) in [6, 6.07) is 12.2. The van der Waals surface area contributed by atoms with E-state index >= 15 is 0 Å². The summed E-state index contributed by atoms with van der Waals surface area (Å²) in [6.07, 6.45) is 7.10. The lowest BCUT2D eigenvalue weighted by Gasteiger charge is -2.24. The van der Waals surface area contributed by atoms with E-state index in [0.717, 1.165) is 23.6 Å². The van der Waals surface area contributed by atoms with Crippen LogP contribution in [0.5, 0.6) is 0 Å². The minimum absolute atomic E-state index is 0.683. The van der Waals surface area contributed by atoms with E-state index in [0.29, 0.717) is 6.54 Å². The fourth-order valence-electron chi connectivity index (χ4n) is 2.26. The lowest BCUT2D eigenvalue weighted by molar-refractivity contribution is 0.668. The molecule has 3 rings (SSSR count). The van der Waals surface area contributed by atoms with Crippen LogP contribution < -0.4 is 4.90 Å². The Hall–Kier alpha value is -2.58. The molecule has 0 aliphatic heterocycles. The quantitative estimate of drug-likeness (QED) is 0.679. The largest absolute Gasteiger partial charge is 0.359 e. The molecule has 0 fully saturated rings. The molecule has 2 heterocycles. The van der Waals surface area contributed by atoms with E-state index in [-0.39, 0.29) is 0 Å². The van der Waals surface area contributed by atoms with Crippen molar-refractivity contribution in [1.82, 2.24) is 14.8 Å². The van der Waals surface area contributed by atoms with Crippen LogP contribution in [0.4, 0.5) is 5.69 Å². The Morgan fingerprint density at radius 3 is 2.86 bits per heavy atom. The molecule has 0 radical (unpaired) electrons. The molecule has 0 N–H and O–H groups in total. The maximum absolute atomic E-state index is 5.52. The molecule has 0 unspecified atom stereocenters. The minimum atomic E-state index is 0.683. The van der Waals surface area contributed by atoms with Gasteiger partial charge in [-0.25, -0.2) is 4.98 Å². The predicted molar refractivity (Wildman–Crippen MR) is 89.6 cm³/mol. The molecule has 0 saturated carbocycles. The fraction of sp³-hybridized carbons (Fsp3) is 0.176. The topological polar surface area (TPSA) is 34.0 Å². The molecule has 0 bridgehead atoms. The van der Waals surface area contributed by atoms with E-state index in [9.17, 15) is 0 Å². The van der Waals surface area contributed by atoms with E-state index in [1.165, 1.54) is 4.88 Å². The van der Waals surface area contributed by atoms with Crippen molar-refractivity contribution in [3.63, 3.8) is 0 Å². The Labute approximate surface area is 134 Å². The SMILES string of the molecule is C#Cc1cccc(N(Cc2cccs2)Cc2ncnn2C)c1. The Kier molecular flexibility index (Phi) is 4.22. The number of hydrogen-bond donors (Lipinski definition) is 0. The summed E-state index contributed by atoms with van der Waals surface area (Å²) >= 11 is 1.75. The van der Waals surface area contributed by atoms with Gasteiger partial charge in [-0.2, -0.15) is 5.10 Å².